The molecule has 2 heterocycles. The Morgan fingerprint density at radius 2 is 2.38 bits per heavy atom. The van der Waals surface area contributed by atoms with Crippen LogP contribution in [0, 0.1) is 6.92 Å². The summed E-state index contributed by atoms with van der Waals surface area (Å²) < 4.78 is 2.16. The molecule has 0 saturated carbocycles. The lowest BCUT2D eigenvalue weighted by molar-refractivity contribution is 0.617. The van der Waals surface area contributed by atoms with E-state index in [1.165, 1.54) is 5.69 Å². The normalized spacial score (nSPS) is 11.4. The number of hydrogen-bond donors (Lipinski definition) is 2. The van der Waals surface area contributed by atoms with Crippen LogP contribution in [0.5, 0.6) is 0 Å². The van der Waals surface area contributed by atoms with E-state index in [0.29, 0.717) is 0 Å². The van der Waals surface area contributed by atoms with Crippen molar-refractivity contribution >= 4 is 16.3 Å². The fourth-order valence-electron chi connectivity index (χ4n) is 1.75. The summed E-state index contributed by atoms with van der Waals surface area (Å²) in [6, 6.07) is 0. The van der Waals surface area contributed by atoms with E-state index < -0.39 is 0 Å². The molecule has 0 spiro atoms. The van der Waals surface area contributed by atoms with Gasteiger partial charge in [-0.25, -0.2) is 4.98 Å². The summed E-state index contributed by atoms with van der Waals surface area (Å²) in [4.78, 5) is 5.59. The third-order valence-corrected chi connectivity index (χ3v) is 3.42. The third-order valence-electron chi connectivity index (χ3n) is 2.66. The van der Waals surface area contributed by atoms with Gasteiger partial charge in [-0.15, -0.1) is 11.3 Å². The minimum absolute atomic E-state index is 0.780. The highest BCUT2D eigenvalue weighted by Crippen LogP contribution is 2.16. The molecule has 3 N–H and O–H groups in total. The summed E-state index contributed by atoms with van der Waals surface area (Å²) in [6.45, 7) is 4.75. The van der Waals surface area contributed by atoms with Gasteiger partial charge < -0.3 is 11.1 Å². The molecule has 0 aliphatic carbocycles. The highest BCUT2D eigenvalue weighted by atomic mass is 32.1. The number of aromatic nitrogens is 2. The molecule has 0 atom stereocenters. The number of rotatable bonds is 6. The number of hydrogen-bond acceptors (Lipinski definition) is 4. The molecule has 88 valence electrons. The first-order valence-electron chi connectivity index (χ1n) is 5.64. The largest absolute Gasteiger partial charge is 0.330 e. The van der Waals surface area contributed by atoms with Crippen LogP contribution in [-0.2, 0) is 6.54 Å². The molecule has 0 aliphatic rings. The monoisotopic (exact) mass is 238 g/mol. The van der Waals surface area contributed by atoms with Gasteiger partial charge in [0.05, 0.1) is 11.4 Å². The minimum atomic E-state index is 0.780. The second kappa shape index (κ2) is 5.43. The van der Waals surface area contributed by atoms with Crippen LogP contribution in [0.25, 0.3) is 4.96 Å². The highest BCUT2D eigenvalue weighted by Gasteiger charge is 2.08. The Morgan fingerprint density at radius 1 is 1.50 bits per heavy atom. The van der Waals surface area contributed by atoms with Crippen molar-refractivity contribution in [2.75, 3.05) is 13.1 Å². The lowest BCUT2D eigenvalue weighted by Crippen LogP contribution is -2.17. The number of aryl methyl sites for hydroxylation is 1. The first kappa shape index (κ1) is 11.6. The van der Waals surface area contributed by atoms with Crippen molar-refractivity contribution in [3.05, 3.63) is 23.0 Å². The average Bonchev–Trinajstić information content (AvgIpc) is 2.80. The Kier molecular flexibility index (Phi) is 3.93. The van der Waals surface area contributed by atoms with Crippen molar-refractivity contribution in [1.29, 1.82) is 0 Å². The average molecular weight is 238 g/mol. The molecule has 0 aromatic carbocycles. The lowest BCUT2D eigenvalue weighted by atomic mass is 10.3. The van der Waals surface area contributed by atoms with Crippen molar-refractivity contribution in [2.45, 2.75) is 26.3 Å². The zero-order chi connectivity index (χ0) is 11.4. The van der Waals surface area contributed by atoms with E-state index in [2.05, 4.69) is 33.2 Å². The number of nitrogens with one attached hydrogen (secondary N) is 1. The quantitative estimate of drug-likeness (QED) is 0.750. The van der Waals surface area contributed by atoms with Crippen molar-refractivity contribution < 1.29 is 0 Å². The van der Waals surface area contributed by atoms with Gasteiger partial charge in [0.15, 0.2) is 4.96 Å². The van der Waals surface area contributed by atoms with Crippen molar-refractivity contribution in [3.63, 3.8) is 0 Å². The Morgan fingerprint density at radius 3 is 3.19 bits per heavy atom. The zero-order valence-electron chi connectivity index (χ0n) is 9.57. The predicted molar refractivity (Wildman–Crippen MR) is 67.8 cm³/mol. The van der Waals surface area contributed by atoms with E-state index in [1.54, 1.807) is 11.3 Å². The predicted octanol–water partition coefficient (Wildman–Crippen LogP) is 1.53. The van der Waals surface area contributed by atoms with Crippen LogP contribution in [0.3, 0.4) is 0 Å². The lowest BCUT2D eigenvalue weighted by Gasteiger charge is -2.04. The van der Waals surface area contributed by atoms with E-state index in [4.69, 9.17) is 5.73 Å². The number of thiazole rings is 1. The topological polar surface area (TPSA) is 55.3 Å². The molecule has 0 bridgehead atoms. The van der Waals surface area contributed by atoms with E-state index >= 15 is 0 Å². The minimum Gasteiger partial charge on any atom is -0.330 e. The van der Waals surface area contributed by atoms with Crippen molar-refractivity contribution in [3.8, 4) is 0 Å². The standard InChI is InChI=1S/C11H18N4S/c1-9-10(8-13-5-3-2-4-12)15-6-7-16-11(15)14-9/h6-7,13H,2-5,8,12H2,1H3. The summed E-state index contributed by atoms with van der Waals surface area (Å²) in [5, 5.41) is 5.50. The van der Waals surface area contributed by atoms with Gasteiger partial charge in [-0.3, -0.25) is 4.40 Å². The molecule has 5 heteroatoms. The Labute approximate surface area is 99.5 Å². The van der Waals surface area contributed by atoms with Crippen LogP contribution < -0.4 is 11.1 Å². The molecule has 0 saturated heterocycles. The number of nitrogens with two attached hydrogens (primary N) is 1. The molecule has 16 heavy (non-hydrogen) atoms. The summed E-state index contributed by atoms with van der Waals surface area (Å²) in [7, 11) is 0. The molecule has 0 radical (unpaired) electrons. The molecule has 2 rings (SSSR count). The summed E-state index contributed by atoms with van der Waals surface area (Å²) in [5.41, 5.74) is 7.84. The Bertz CT molecular complexity index is 446. The summed E-state index contributed by atoms with van der Waals surface area (Å²) >= 11 is 1.68. The summed E-state index contributed by atoms with van der Waals surface area (Å²) in [6.07, 6.45) is 4.31. The second-order valence-corrected chi connectivity index (χ2v) is 4.75. The van der Waals surface area contributed by atoms with Gasteiger partial charge in [0.1, 0.15) is 0 Å². The fraction of sp³-hybridized carbons (Fsp3) is 0.545. The second-order valence-electron chi connectivity index (χ2n) is 3.87. The molecule has 0 fully saturated rings. The maximum absolute atomic E-state index is 5.45. The van der Waals surface area contributed by atoms with Crippen LogP contribution in [0.1, 0.15) is 24.2 Å². The molecule has 2 aromatic heterocycles. The number of fused-ring (bicyclic) bond motifs is 1. The number of unbranched alkanes of at least 4 members (excludes halogenated alkanes) is 1. The Hall–Kier alpha value is -0.910. The molecular weight excluding hydrogens is 220 g/mol. The third kappa shape index (κ3) is 2.42. The van der Waals surface area contributed by atoms with Gasteiger partial charge in [0, 0.05) is 18.1 Å². The summed E-state index contributed by atoms with van der Waals surface area (Å²) in [5.74, 6) is 0. The van der Waals surface area contributed by atoms with Crippen LogP contribution in [0.4, 0.5) is 0 Å². The Balaban J connectivity index is 1.93. The van der Waals surface area contributed by atoms with Crippen LogP contribution in [0.2, 0.25) is 0 Å². The molecule has 0 aliphatic heterocycles. The van der Waals surface area contributed by atoms with E-state index in [0.717, 1.165) is 43.1 Å². The number of imidazole rings is 1. The van der Waals surface area contributed by atoms with E-state index in [1.807, 2.05) is 0 Å². The van der Waals surface area contributed by atoms with Crippen LogP contribution in [-0.4, -0.2) is 22.5 Å². The van der Waals surface area contributed by atoms with Crippen LogP contribution >= 0.6 is 11.3 Å². The van der Waals surface area contributed by atoms with Gasteiger partial charge in [-0.1, -0.05) is 0 Å². The molecule has 2 aromatic rings. The van der Waals surface area contributed by atoms with Crippen molar-refractivity contribution in [1.82, 2.24) is 14.7 Å². The molecular formula is C11H18N4S. The highest BCUT2D eigenvalue weighted by molar-refractivity contribution is 7.15. The van der Waals surface area contributed by atoms with Gasteiger partial charge in [0.2, 0.25) is 0 Å². The maximum Gasteiger partial charge on any atom is 0.194 e. The van der Waals surface area contributed by atoms with E-state index in [-0.39, 0.29) is 0 Å². The molecule has 0 amide bonds. The van der Waals surface area contributed by atoms with Gasteiger partial charge in [-0.2, -0.15) is 0 Å². The first-order chi connectivity index (χ1) is 7.83. The number of nitrogens with zero attached hydrogens (tertiary/aromatic N) is 2. The van der Waals surface area contributed by atoms with Gasteiger partial charge in [-0.05, 0) is 32.9 Å². The zero-order valence-corrected chi connectivity index (χ0v) is 10.4. The molecule has 0 unspecified atom stereocenters. The fourth-order valence-corrected chi connectivity index (χ4v) is 2.53. The van der Waals surface area contributed by atoms with Crippen LogP contribution in [0.15, 0.2) is 11.6 Å². The SMILES string of the molecule is Cc1nc2sccn2c1CNCCCCN. The maximum atomic E-state index is 5.45. The van der Waals surface area contributed by atoms with Crippen molar-refractivity contribution in [2.24, 2.45) is 5.73 Å². The molecule has 4 nitrogen and oxygen atoms in total. The smallest absolute Gasteiger partial charge is 0.194 e. The first-order valence-corrected chi connectivity index (χ1v) is 6.52. The van der Waals surface area contributed by atoms with E-state index in [9.17, 15) is 0 Å². The van der Waals surface area contributed by atoms with Gasteiger partial charge >= 0.3 is 0 Å². The van der Waals surface area contributed by atoms with Gasteiger partial charge in [0.25, 0.3) is 0 Å².